The number of carbonyl (C=O) groups is 3. The Kier molecular flexibility index (Phi) is 21.0. The van der Waals surface area contributed by atoms with Crippen LogP contribution in [0.15, 0.2) is 92.2 Å². The first-order valence-electron chi connectivity index (χ1n) is 28.9. The van der Waals surface area contributed by atoms with Crippen LogP contribution >= 0.6 is 12.1 Å². The van der Waals surface area contributed by atoms with Crippen LogP contribution in [0, 0.1) is 0 Å². The van der Waals surface area contributed by atoms with E-state index in [0.717, 1.165) is 89.4 Å². The monoisotopic (exact) mass is 1280 g/mol. The van der Waals surface area contributed by atoms with Gasteiger partial charge in [-0.1, -0.05) is 18.2 Å². The number of hydrogen-bond donors (Lipinski definition) is 3. The SMILES string of the molecule is CSF.Cn1cc(Nc2nccc(C3=CC4CCC(C3)N4C(=O)CCC(F)(F)F)n2)cn1.Cn1cc(Nc2nccc(C3=C[C@@H]4CC[C@H](C3)N4C(=O)CCC(F)(F)F)n2)cn1.Cn1cc(Nc2nccc(C3=C[C@H]4CC[C@@H](C3)N4C(=O)CCC(F)(F)F)n2)cn1. The molecule has 3 saturated heterocycles. The van der Waals surface area contributed by atoms with E-state index in [1.807, 2.05) is 39.4 Å². The number of halogens is 10. The first kappa shape index (κ1) is 66.0. The molecule has 6 bridgehead atoms. The summed E-state index contributed by atoms with van der Waals surface area (Å²) in [5.41, 5.74) is 7.55. The van der Waals surface area contributed by atoms with Gasteiger partial charge in [-0.05, 0) is 92.7 Å². The highest BCUT2D eigenvalue weighted by Crippen LogP contribution is 2.42. The Balaban J connectivity index is 0.000000156. The highest BCUT2D eigenvalue weighted by atomic mass is 32.2. The molecular weight excluding hydrogens is 1220 g/mol. The smallest absolute Gasteiger partial charge is 0.333 e. The van der Waals surface area contributed by atoms with Crippen LogP contribution in [0.1, 0.15) is 113 Å². The van der Waals surface area contributed by atoms with E-state index in [9.17, 15) is 57.8 Å². The summed E-state index contributed by atoms with van der Waals surface area (Å²) in [5, 5.41) is 21.6. The molecule has 2 unspecified atom stereocenters. The zero-order valence-corrected chi connectivity index (χ0v) is 50.2. The number of rotatable bonds is 15. The third-order valence-electron chi connectivity index (χ3n) is 15.8. The quantitative estimate of drug-likeness (QED) is 0.0812. The molecule has 12 rings (SSSR count). The van der Waals surface area contributed by atoms with Crippen molar-refractivity contribution in [2.24, 2.45) is 21.1 Å². The van der Waals surface area contributed by atoms with Crippen LogP contribution in [0.25, 0.3) is 16.7 Å². The Morgan fingerprint density at radius 2 is 0.744 bits per heavy atom. The zero-order chi connectivity index (χ0) is 64.5. The Hall–Kier alpha value is -8.45. The first-order chi connectivity index (χ1) is 42.8. The van der Waals surface area contributed by atoms with Gasteiger partial charge in [-0.2, -0.15) is 58.7 Å². The van der Waals surface area contributed by atoms with Crippen LogP contribution in [0.5, 0.6) is 0 Å². The van der Waals surface area contributed by atoms with Crippen molar-refractivity contribution >= 4 is 81.5 Å². The average Bonchev–Trinajstić information content (AvgIpc) is 1.79. The van der Waals surface area contributed by atoms with Crippen molar-refractivity contribution < 1.29 is 57.8 Å². The molecule has 0 aliphatic carbocycles. The van der Waals surface area contributed by atoms with Crippen LogP contribution in [0.4, 0.5) is 78.3 Å². The second-order valence-electron chi connectivity index (χ2n) is 22.4. The molecule has 6 aliphatic heterocycles. The highest BCUT2D eigenvalue weighted by molar-refractivity contribution is 7.93. The van der Waals surface area contributed by atoms with Crippen LogP contribution in [0.2, 0.25) is 0 Å². The largest absolute Gasteiger partial charge is 0.389 e. The van der Waals surface area contributed by atoms with E-state index in [1.54, 1.807) is 103 Å². The molecule has 482 valence electrons. The molecule has 0 saturated carbocycles. The third kappa shape index (κ3) is 17.9. The van der Waals surface area contributed by atoms with Crippen LogP contribution in [0.3, 0.4) is 0 Å². The molecule has 3 N–H and O–H groups in total. The second-order valence-corrected chi connectivity index (χ2v) is 22.7. The lowest BCUT2D eigenvalue weighted by atomic mass is 9.98. The molecule has 6 aliphatic rings. The predicted octanol–water partition coefficient (Wildman–Crippen LogP) is 11.6. The van der Waals surface area contributed by atoms with Crippen LogP contribution in [-0.2, 0) is 35.5 Å². The van der Waals surface area contributed by atoms with Gasteiger partial charge in [0.2, 0.25) is 35.6 Å². The van der Waals surface area contributed by atoms with E-state index in [0.29, 0.717) is 37.1 Å². The van der Waals surface area contributed by atoms with Gasteiger partial charge < -0.3 is 30.7 Å². The Bertz CT molecular complexity index is 3210. The fourth-order valence-electron chi connectivity index (χ4n) is 12.0. The normalized spacial score (nSPS) is 20.7. The lowest BCUT2D eigenvalue weighted by Gasteiger charge is -2.34. The van der Waals surface area contributed by atoms with Crippen molar-refractivity contribution in [1.82, 2.24) is 73.9 Å². The minimum Gasteiger partial charge on any atom is -0.333 e. The van der Waals surface area contributed by atoms with Gasteiger partial charge in [-0.3, -0.25) is 28.4 Å². The van der Waals surface area contributed by atoms with Gasteiger partial charge >= 0.3 is 18.5 Å². The fraction of sp³-hybridized carbons (Fsp3) is 0.483. The molecule has 21 nitrogen and oxygen atoms in total. The Morgan fingerprint density at radius 3 is 0.967 bits per heavy atom. The van der Waals surface area contributed by atoms with Gasteiger partial charge in [0.15, 0.2) is 0 Å². The molecule has 0 spiro atoms. The summed E-state index contributed by atoms with van der Waals surface area (Å²) in [6.45, 7) is 0. The Morgan fingerprint density at radius 1 is 0.478 bits per heavy atom. The van der Waals surface area contributed by atoms with E-state index in [-0.39, 0.29) is 48.4 Å². The van der Waals surface area contributed by atoms with E-state index < -0.39 is 74.8 Å². The number of nitrogens with one attached hydrogen (secondary N) is 3. The van der Waals surface area contributed by atoms with Gasteiger partial charge in [0, 0.05) is 114 Å². The van der Waals surface area contributed by atoms with Crippen molar-refractivity contribution in [2.45, 2.75) is 151 Å². The molecule has 90 heavy (non-hydrogen) atoms. The highest BCUT2D eigenvalue weighted by Gasteiger charge is 2.44. The number of aromatic nitrogens is 12. The number of anilines is 6. The lowest BCUT2D eigenvalue weighted by molar-refractivity contribution is -0.150. The van der Waals surface area contributed by atoms with Crippen molar-refractivity contribution in [3.05, 3.63) is 109 Å². The van der Waals surface area contributed by atoms with E-state index in [4.69, 9.17) is 0 Å². The summed E-state index contributed by atoms with van der Waals surface area (Å²) in [6, 6.07) is 4.67. The maximum absolute atomic E-state index is 12.5. The summed E-state index contributed by atoms with van der Waals surface area (Å²) in [6.07, 6.45) is 11.4. The third-order valence-corrected chi connectivity index (χ3v) is 15.8. The number of aryl methyl sites for hydroxylation is 3. The molecule has 6 atom stereocenters. The summed E-state index contributed by atoms with van der Waals surface area (Å²) in [7, 11) is 5.44. The second kappa shape index (κ2) is 28.6. The van der Waals surface area contributed by atoms with Crippen molar-refractivity contribution in [1.29, 1.82) is 0 Å². The van der Waals surface area contributed by atoms with Crippen LogP contribution in [-0.4, -0.2) is 153 Å². The van der Waals surface area contributed by atoms with Crippen LogP contribution < -0.4 is 16.0 Å². The zero-order valence-electron chi connectivity index (χ0n) is 49.4. The number of fused-ring (bicyclic) bond motifs is 6. The minimum atomic E-state index is -4.32. The average molecular weight is 1290 g/mol. The number of carbonyl (C=O) groups excluding carboxylic acids is 3. The maximum atomic E-state index is 12.5. The van der Waals surface area contributed by atoms with Crippen molar-refractivity contribution in [2.75, 3.05) is 22.2 Å². The van der Waals surface area contributed by atoms with Gasteiger partial charge in [0.1, 0.15) is 0 Å². The molecule has 0 aromatic carbocycles. The molecule has 12 heterocycles. The summed E-state index contributed by atoms with van der Waals surface area (Å²) in [5.74, 6) is 0.0394. The standard InChI is InChI=1S/3C19H21F3N6O.CH3FS/c3*1-27-11-13(10-24-27)25-18-23-7-5-16(26-18)12-8-14-2-3-15(9-12)28(14)17(29)4-6-19(20,21)22;1-3-2/h3*5,7-8,10-11,14-15H,2-4,6,9H2,1H3,(H,23,25,26);1H3/t2*14-,15+;;/m10../s1. The molecular formula is C58H66F10N18O3S. The predicted molar refractivity (Wildman–Crippen MR) is 315 cm³/mol. The molecule has 3 fully saturated rings. The molecule has 32 heteroatoms. The summed E-state index contributed by atoms with van der Waals surface area (Å²) < 4.78 is 127. The lowest BCUT2D eigenvalue weighted by Crippen LogP contribution is -2.43. The molecule has 3 amide bonds. The fourth-order valence-corrected chi connectivity index (χ4v) is 12.0. The number of nitrogens with zero attached hydrogens (tertiary/aromatic N) is 15. The first-order valence-corrected chi connectivity index (χ1v) is 30.1. The topological polar surface area (TPSA) is 228 Å². The van der Waals surface area contributed by atoms with Gasteiger partial charge in [-0.25, -0.2) is 29.9 Å². The van der Waals surface area contributed by atoms with Crippen molar-refractivity contribution in [3.63, 3.8) is 0 Å². The molecule has 6 aromatic rings. The van der Waals surface area contributed by atoms with Gasteiger partial charge in [-0.15, -0.1) is 0 Å². The summed E-state index contributed by atoms with van der Waals surface area (Å²) >= 11 is 0.250. The van der Waals surface area contributed by atoms with E-state index in [1.165, 1.54) is 6.26 Å². The Labute approximate surface area is 515 Å². The molecule has 6 aromatic heterocycles. The maximum Gasteiger partial charge on any atom is 0.389 e. The number of amides is 3. The summed E-state index contributed by atoms with van der Waals surface area (Å²) in [4.78, 5) is 68.3. The minimum absolute atomic E-state index is 0.0783. The van der Waals surface area contributed by atoms with E-state index in [2.05, 4.69) is 61.2 Å². The van der Waals surface area contributed by atoms with Crippen molar-refractivity contribution in [3.8, 4) is 0 Å². The molecule has 0 radical (unpaired) electrons. The number of hydrogen-bond acceptors (Lipinski definition) is 16. The van der Waals surface area contributed by atoms with E-state index >= 15 is 0 Å². The van der Waals surface area contributed by atoms with Gasteiger partial charge in [0.25, 0.3) is 0 Å². The van der Waals surface area contributed by atoms with Gasteiger partial charge in [0.05, 0.1) is 90.1 Å². The number of alkyl halides is 9.